The lowest BCUT2D eigenvalue weighted by molar-refractivity contribution is 0.415. The maximum Gasteiger partial charge on any atom is 0.232 e. The second-order valence-electron chi connectivity index (χ2n) is 6.24. The van der Waals surface area contributed by atoms with Crippen LogP contribution in [0.1, 0.15) is 11.4 Å². The first-order chi connectivity index (χ1) is 12.6. The molecule has 0 amide bonds. The summed E-state index contributed by atoms with van der Waals surface area (Å²) < 4.78 is 7.08. The molecule has 5 nitrogen and oxygen atoms in total. The van der Waals surface area contributed by atoms with Gasteiger partial charge in [0.2, 0.25) is 11.1 Å². The zero-order valence-corrected chi connectivity index (χ0v) is 14.9. The summed E-state index contributed by atoms with van der Waals surface area (Å²) >= 11 is 0. The third-order valence-electron chi connectivity index (χ3n) is 4.54. The van der Waals surface area contributed by atoms with Crippen molar-refractivity contribution in [3.05, 3.63) is 76.2 Å². The number of hydrogen-bond donors (Lipinski definition) is 1. The van der Waals surface area contributed by atoms with Gasteiger partial charge in [-0.2, -0.15) is 0 Å². The van der Waals surface area contributed by atoms with Crippen LogP contribution in [0.4, 0.5) is 0 Å². The van der Waals surface area contributed by atoms with Gasteiger partial charge in [0.05, 0.1) is 24.1 Å². The van der Waals surface area contributed by atoms with E-state index in [1.54, 1.807) is 11.6 Å². The average molecular weight is 345 g/mol. The van der Waals surface area contributed by atoms with E-state index < -0.39 is 0 Å². The number of ether oxygens (including phenoxy) is 1. The Morgan fingerprint density at radius 3 is 2.46 bits per heavy atom. The maximum absolute atomic E-state index is 13.2. The molecule has 5 heteroatoms. The molecule has 26 heavy (non-hydrogen) atoms. The molecular formula is C21H19N3O2. The highest BCUT2D eigenvalue weighted by Gasteiger charge is 2.18. The fourth-order valence-electron chi connectivity index (χ4n) is 3.36. The largest absolute Gasteiger partial charge is 0.497 e. The fraction of sp³-hybridized carbons (Fsp3) is 0.143. The van der Waals surface area contributed by atoms with Crippen LogP contribution in [0.25, 0.3) is 28.0 Å². The predicted octanol–water partition coefficient (Wildman–Crippen LogP) is 3.98. The van der Waals surface area contributed by atoms with E-state index in [0.29, 0.717) is 17.0 Å². The van der Waals surface area contributed by atoms with Crippen LogP contribution in [0, 0.1) is 13.8 Å². The molecule has 0 aliphatic carbocycles. The highest BCUT2D eigenvalue weighted by Crippen LogP contribution is 2.27. The Morgan fingerprint density at radius 2 is 1.73 bits per heavy atom. The van der Waals surface area contributed by atoms with Gasteiger partial charge < -0.3 is 4.74 Å². The summed E-state index contributed by atoms with van der Waals surface area (Å²) in [5.41, 5.74) is 5.23. The Morgan fingerprint density at radius 1 is 1.00 bits per heavy atom. The highest BCUT2D eigenvalue weighted by atomic mass is 16.5. The molecule has 0 spiro atoms. The summed E-state index contributed by atoms with van der Waals surface area (Å²) in [6.07, 6.45) is 0. The van der Waals surface area contributed by atoms with Gasteiger partial charge in [-0.1, -0.05) is 42.5 Å². The van der Waals surface area contributed by atoms with Gasteiger partial charge in [0.25, 0.3) is 0 Å². The van der Waals surface area contributed by atoms with E-state index in [2.05, 4.69) is 10.1 Å². The molecule has 4 aromatic rings. The van der Waals surface area contributed by atoms with Crippen LogP contribution in [0.5, 0.6) is 5.75 Å². The summed E-state index contributed by atoms with van der Waals surface area (Å²) in [6, 6.07) is 17.5. The quantitative estimate of drug-likeness (QED) is 0.611. The Hall–Kier alpha value is -3.34. The molecule has 2 aromatic heterocycles. The van der Waals surface area contributed by atoms with Crippen LogP contribution in [-0.2, 0) is 0 Å². The molecule has 0 bridgehead atoms. The van der Waals surface area contributed by atoms with Crippen molar-refractivity contribution < 1.29 is 4.74 Å². The number of nitrogens with one attached hydrogen (secondary N) is 1. The van der Waals surface area contributed by atoms with Crippen molar-refractivity contribution in [1.29, 1.82) is 0 Å². The second-order valence-corrected chi connectivity index (χ2v) is 6.24. The van der Waals surface area contributed by atoms with Crippen LogP contribution >= 0.6 is 0 Å². The molecule has 2 heterocycles. The van der Waals surface area contributed by atoms with Crippen molar-refractivity contribution in [3.63, 3.8) is 0 Å². The van der Waals surface area contributed by atoms with Crippen LogP contribution in [0.2, 0.25) is 0 Å². The summed E-state index contributed by atoms with van der Waals surface area (Å²) in [7, 11) is 1.61. The average Bonchev–Trinajstić information content (AvgIpc) is 2.99. The van der Waals surface area contributed by atoms with Gasteiger partial charge in [0.15, 0.2) is 0 Å². The van der Waals surface area contributed by atoms with E-state index in [-0.39, 0.29) is 5.43 Å². The highest BCUT2D eigenvalue weighted by molar-refractivity contribution is 5.73. The van der Waals surface area contributed by atoms with Crippen molar-refractivity contribution in [1.82, 2.24) is 14.6 Å². The van der Waals surface area contributed by atoms with Gasteiger partial charge in [-0.3, -0.25) is 9.89 Å². The number of methoxy groups -OCH3 is 1. The smallest absolute Gasteiger partial charge is 0.232 e. The van der Waals surface area contributed by atoms with Gasteiger partial charge in [0, 0.05) is 11.3 Å². The number of benzene rings is 2. The molecule has 0 aliphatic heterocycles. The number of aryl methyl sites for hydroxylation is 2. The molecule has 1 N–H and O–H groups in total. The molecule has 0 fully saturated rings. The van der Waals surface area contributed by atoms with Crippen molar-refractivity contribution in [2.45, 2.75) is 13.8 Å². The molecule has 2 aromatic carbocycles. The zero-order chi connectivity index (χ0) is 18.3. The number of aromatic nitrogens is 3. The second kappa shape index (κ2) is 6.19. The predicted molar refractivity (Wildman–Crippen MR) is 103 cm³/mol. The number of aromatic amines is 1. The minimum atomic E-state index is -0.0974. The van der Waals surface area contributed by atoms with Crippen LogP contribution in [0.3, 0.4) is 0 Å². The van der Waals surface area contributed by atoms with Crippen molar-refractivity contribution in [3.8, 4) is 28.1 Å². The summed E-state index contributed by atoms with van der Waals surface area (Å²) in [6.45, 7) is 3.82. The molecule has 0 saturated heterocycles. The van der Waals surface area contributed by atoms with Gasteiger partial charge in [0.1, 0.15) is 5.75 Å². The molecule has 0 saturated carbocycles. The first-order valence-corrected chi connectivity index (χ1v) is 8.42. The standard InChI is InChI=1S/C21H19N3O2/c1-13-18(16-10-7-11-17(12-16)26-3)20(25)21-22-14(2)19(24(21)23-13)15-8-5-4-6-9-15/h4-12,23H,1-3H3. The lowest BCUT2D eigenvalue weighted by Gasteiger charge is -2.10. The van der Waals surface area contributed by atoms with Crippen molar-refractivity contribution >= 4 is 5.65 Å². The van der Waals surface area contributed by atoms with E-state index in [9.17, 15) is 4.79 Å². The van der Waals surface area contributed by atoms with Crippen LogP contribution in [-0.4, -0.2) is 21.7 Å². The summed E-state index contributed by atoms with van der Waals surface area (Å²) in [5, 5.41) is 3.34. The Kier molecular flexibility index (Phi) is 3.84. The first kappa shape index (κ1) is 16.1. The number of H-pyrrole nitrogens is 1. The van der Waals surface area contributed by atoms with Crippen LogP contribution < -0.4 is 10.2 Å². The summed E-state index contributed by atoms with van der Waals surface area (Å²) in [4.78, 5) is 17.7. The van der Waals surface area contributed by atoms with Gasteiger partial charge in [-0.05, 0) is 31.5 Å². The molecule has 0 atom stereocenters. The SMILES string of the molecule is COc1cccc(-c2c(C)[nH]n3c(-c4ccccc4)c(C)nc3c2=O)c1. The topological polar surface area (TPSA) is 59.4 Å². The minimum absolute atomic E-state index is 0.0974. The lowest BCUT2D eigenvalue weighted by Crippen LogP contribution is -2.14. The molecular weight excluding hydrogens is 326 g/mol. The Bertz CT molecular complexity index is 1160. The number of nitrogens with zero attached hydrogens (tertiary/aromatic N) is 2. The van der Waals surface area contributed by atoms with Crippen molar-refractivity contribution in [2.75, 3.05) is 7.11 Å². The van der Waals surface area contributed by atoms with Gasteiger partial charge in [-0.25, -0.2) is 9.50 Å². The lowest BCUT2D eigenvalue weighted by atomic mass is 10.0. The molecule has 0 aliphatic rings. The van der Waals surface area contributed by atoms with E-state index in [1.807, 2.05) is 68.4 Å². The minimum Gasteiger partial charge on any atom is -0.497 e. The van der Waals surface area contributed by atoms with Gasteiger partial charge in [-0.15, -0.1) is 0 Å². The normalized spacial score (nSPS) is 11.0. The summed E-state index contributed by atoms with van der Waals surface area (Å²) in [5.74, 6) is 0.714. The van der Waals surface area contributed by atoms with E-state index in [4.69, 9.17) is 4.74 Å². The Balaban J connectivity index is 2.01. The molecule has 0 radical (unpaired) electrons. The zero-order valence-electron chi connectivity index (χ0n) is 14.9. The number of rotatable bonds is 3. The monoisotopic (exact) mass is 345 g/mol. The van der Waals surface area contributed by atoms with Crippen LogP contribution in [0.15, 0.2) is 59.4 Å². The van der Waals surface area contributed by atoms with Gasteiger partial charge >= 0.3 is 0 Å². The number of hydrogen-bond acceptors (Lipinski definition) is 3. The number of fused-ring (bicyclic) bond motifs is 1. The third kappa shape index (κ3) is 2.49. The number of imidazole rings is 1. The molecule has 130 valence electrons. The first-order valence-electron chi connectivity index (χ1n) is 8.42. The Labute approximate surface area is 150 Å². The molecule has 4 rings (SSSR count). The fourth-order valence-corrected chi connectivity index (χ4v) is 3.36. The third-order valence-corrected chi connectivity index (χ3v) is 4.54. The molecule has 0 unspecified atom stereocenters. The van der Waals surface area contributed by atoms with E-state index >= 15 is 0 Å². The van der Waals surface area contributed by atoms with Crippen molar-refractivity contribution in [2.24, 2.45) is 0 Å². The maximum atomic E-state index is 13.2. The van der Waals surface area contributed by atoms with E-state index in [0.717, 1.165) is 28.2 Å². The van der Waals surface area contributed by atoms with E-state index in [1.165, 1.54) is 0 Å².